The monoisotopic (exact) mass is 400 g/mol. The summed E-state index contributed by atoms with van der Waals surface area (Å²) in [5.41, 5.74) is 7.01. The second-order valence-corrected chi connectivity index (χ2v) is 8.10. The maximum atomic E-state index is 4.84. The van der Waals surface area contributed by atoms with Crippen LogP contribution in [-0.2, 0) is 13.0 Å². The fourth-order valence-electron chi connectivity index (χ4n) is 4.64. The highest BCUT2D eigenvalue weighted by Crippen LogP contribution is 2.36. The van der Waals surface area contributed by atoms with Crippen LogP contribution >= 0.6 is 0 Å². The average molecular weight is 401 g/mol. The lowest BCUT2D eigenvalue weighted by Crippen LogP contribution is -2.35. The molecule has 0 unspecified atom stereocenters. The lowest BCUT2D eigenvalue weighted by Gasteiger charge is -2.30. The highest BCUT2D eigenvalue weighted by Gasteiger charge is 2.25. The van der Waals surface area contributed by atoms with Crippen molar-refractivity contribution in [1.29, 1.82) is 0 Å². The number of aromatic nitrogens is 4. The molecule has 30 heavy (non-hydrogen) atoms. The van der Waals surface area contributed by atoms with Gasteiger partial charge in [-0.05, 0) is 43.4 Å². The third kappa shape index (κ3) is 3.75. The first kappa shape index (κ1) is 19.0. The van der Waals surface area contributed by atoms with E-state index in [0.29, 0.717) is 5.95 Å². The van der Waals surface area contributed by atoms with Crippen LogP contribution in [0.15, 0.2) is 54.5 Å². The van der Waals surface area contributed by atoms with E-state index in [1.807, 2.05) is 12.3 Å². The summed E-state index contributed by atoms with van der Waals surface area (Å²) in [6.45, 7) is 7.21. The average Bonchev–Trinajstić information content (AvgIpc) is 3.06. The van der Waals surface area contributed by atoms with Gasteiger partial charge in [0.05, 0.1) is 0 Å². The van der Waals surface area contributed by atoms with Crippen LogP contribution in [0.5, 0.6) is 0 Å². The molecule has 0 radical (unpaired) electrons. The Morgan fingerprint density at radius 1 is 0.933 bits per heavy atom. The number of aryl methyl sites for hydroxylation is 2. The SMILES string of the molecule is Cc1cnc2n1CCc1ccccc1C2=C1CCN(CCNc2ncccn2)CC1. The fourth-order valence-corrected chi connectivity index (χ4v) is 4.64. The molecular formula is C24H28N6. The minimum atomic E-state index is 0.703. The first-order valence-electron chi connectivity index (χ1n) is 10.9. The molecular weight excluding hydrogens is 372 g/mol. The molecule has 0 aliphatic carbocycles. The summed E-state index contributed by atoms with van der Waals surface area (Å²) in [4.78, 5) is 15.8. The number of hydrogen-bond donors (Lipinski definition) is 1. The van der Waals surface area contributed by atoms with Crippen molar-refractivity contribution >= 4 is 11.5 Å². The van der Waals surface area contributed by atoms with Gasteiger partial charge in [0.15, 0.2) is 0 Å². The number of nitrogens with zero attached hydrogens (tertiary/aromatic N) is 5. The van der Waals surface area contributed by atoms with Gasteiger partial charge in [0.25, 0.3) is 0 Å². The smallest absolute Gasteiger partial charge is 0.222 e. The quantitative estimate of drug-likeness (QED) is 0.726. The molecule has 2 aliphatic heterocycles. The van der Waals surface area contributed by atoms with Gasteiger partial charge in [0, 0.05) is 62.6 Å². The van der Waals surface area contributed by atoms with Gasteiger partial charge in [-0.2, -0.15) is 0 Å². The maximum absolute atomic E-state index is 4.84. The number of imidazole rings is 1. The summed E-state index contributed by atoms with van der Waals surface area (Å²) >= 11 is 0. The van der Waals surface area contributed by atoms with E-state index in [1.54, 1.807) is 18.0 Å². The van der Waals surface area contributed by atoms with Crippen molar-refractivity contribution in [3.63, 3.8) is 0 Å². The van der Waals surface area contributed by atoms with Crippen LogP contribution in [0.2, 0.25) is 0 Å². The number of benzene rings is 1. The number of piperidine rings is 1. The molecule has 1 saturated heterocycles. The predicted octanol–water partition coefficient (Wildman–Crippen LogP) is 3.55. The van der Waals surface area contributed by atoms with Gasteiger partial charge in [-0.15, -0.1) is 0 Å². The van der Waals surface area contributed by atoms with Gasteiger partial charge in [0.2, 0.25) is 5.95 Å². The van der Waals surface area contributed by atoms with Crippen LogP contribution in [0, 0.1) is 6.92 Å². The molecule has 1 aromatic carbocycles. The molecule has 3 aromatic rings. The summed E-state index contributed by atoms with van der Waals surface area (Å²) < 4.78 is 2.40. The zero-order chi connectivity index (χ0) is 20.3. The van der Waals surface area contributed by atoms with Crippen molar-refractivity contribution in [3.8, 4) is 0 Å². The largest absolute Gasteiger partial charge is 0.353 e. The van der Waals surface area contributed by atoms with Crippen molar-refractivity contribution in [2.75, 3.05) is 31.5 Å². The fraction of sp³-hybridized carbons (Fsp3) is 0.375. The number of hydrogen-bond acceptors (Lipinski definition) is 5. The van der Waals surface area contributed by atoms with E-state index in [4.69, 9.17) is 4.98 Å². The third-order valence-electron chi connectivity index (χ3n) is 6.26. The van der Waals surface area contributed by atoms with Gasteiger partial charge in [-0.1, -0.05) is 29.8 Å². The highest BCUT2D eigenvalue weighted by atomic mass is 15.2. The molecule has 0 spiro atoms. The molecule has 6 nitrogen and oxygen atoms in total. The number of likely N-dealkylation sites (tertiary alicyclic amines) is 1. The number of nitrogens with one attached hydrogen (secondary N) is 1. The van der Waals surface area contributed by atoms with Crippen LogP contribution in [-0.4, -0.2) is 50.6 Å². The summed E-state index contributed by atoms with van der Waals surface area (Å²) in [6.07, 6.45) is 8.82. The van der Waals surface area contributed by atoms with Gasteiger partial charge < -0.3 is 14.8 Å². The zero-order valence-corrected chi connectivity index (χ0v) is 17.5. The predicted molar refractivity (Wildman–Crippen MR) is 119 cm³/mol. The van der Waals surface area contributed by atoms with Crippen LogP contribution in [0.1, 0.15) is 35.5 Å². The van der Waals surface area contributed by atoms with E-state index < -0.39 is 0 Å². The molecule has 1 fully saturated rings. The molecule has 5 rings (SSSR count). The first-order valence-corrected chi connectivity index (χ1v) is 10.9. The second-order valence-electron chi connectivity index (χ2n) is 8.10. The Labute approximate surface area is 177 Å². The number of anilines is 1. The Balaban J connectivity index is 1.33. The van der Waals surface area contributed by atoms with Gasteiger partial charge >= 0.3 is 0 Å². The third-order valence-corrected chi connectivity index (χ3v) is 6.26. The van der Waals surface area contributed by atoms with Gasteiger partial charge in [0.1, 0.15) is 5.82 Å². The molecule has 0 amide bonds. The van der Waals surface area contributed by atoms with Crippen LogP contribution < -0.4 is 5.32 Å². The molecule has 0 atom stereocenters. The Morgan fingerprint density at radius 3 is 2.57 bits per heavy atom. The Bertz CT molecular complexity index is 1040. The van der Waals surface area contributed by atoms with E-state index in [2.05, 4.69) is 55.9 Å². The molecule has 154 valence electrons. The van der Waals surface area contributed by atoms with Crippen LogP contribution in [0.3, 0.4) is 0 Å². The van der Waals surface area contributed by atoms with E-state index >= 15 is 0 Å². The lowest BCUT2D eigenvalue weighted by atomic mass is 9.90. The molecule has 2 aliphatic rings. The molecule has 1 N–H and O–H groups in total. The van der Waals surface area contributed by atoms with Crippen molar-refractivity contribution in [2.45, 2.75) is 32.7 Å². The summed E-state index contributed by atoms with van der Waals surface area (Å²) in [6, 6.07) is 10.7. The van der Waals surface area contributed by atoms with Gasteiger partial charge in [-0.3, -0.25) is 0 Å². The minimum absolute atomic E-state index is 0.703. The van der Waals surface area contributed by atoms with Crippen LogP contribution in [0.4, 0.5) is 5.95 Å². The van der Waals surface area contributed by atoms with Crippen molar-refractivity contribution in [3.05, 3.63) is 77.1 Å². The molecule has 6 heteroatoms. The number of fused-ring (bicyclic) bond motifs is 2. The minimum Gasteiger partial charge on any atom is -0.353 e. The highest BCUT2D eigenvalue weighted by molar-refractivity contribution is 5.81. The van der Waals surface area contributed by atoms with E-state index in [-0.39, 0.29) is 0 Å². The molecule has 4 heterocycles. The Morgan fingerprint density at radius 2 is 1.73 bits per heavy atom. The summed E-state index contributed by atoms with van der Waals surface area (Å²) in [5, 5.41) is 3.31. The maximum Gasteiger partial charge on any atom is 0.222 e. The number of rotatable bonds is 4. The molecule has 2 aromatic heterocycles. The lowest BCUT2D eigenvalue weighted by molar-refractivity contribution is 0.266. The van der Waals surface area contributed by atoms with E-state index in [1.165, 1.54) is 22.4 Å². The standard InChI is InChI=1S/C24H28N6/c1-18-17-28-23-22(21-6-3-2-5-19(21)9-15-30(18)23)20-7-13-29(14-8-20)16-12-27-24-25-10-4-11-26-24/h2-6,10-11,17H,7-9,12-16H2,1H3,(H,25,26,27). The topological polar surface area (TPSA) is 58.9 Å². The molecule has 0 saturated carbocycles. The van der Waals surface area contributed by atoms with Gasteiger partial charge in [-0.25, -0.2) is 15.0 Å². The van der Waals surface area contributed by atoms with E-state index in [9.17, 15) is 0 Å². The van der Waals surface area contributed by atoms with Crippen molar-refractivity contribution in [2.24, 2.45) is 0 Å². The normalized spacial score (nSPS) is 16.7. The summed E-state index contributed by atoms with van der Waals surface area (Å²) in [5.74, 6) is 1.86. The zero-order valence-electron chi connectivity index (χ0n) is 17.5. The van der Waals surface area contributed by atoms with E-state index in [0.717, 1.165) is 57.8 Å². The molecule has 0 bridgehead atoms. The second kappa shape index (κ2) is 8.40. The van der Waals surface area contributed by atoms with Crippen LogP contribution in [0.25, 0.3) is 5.57 Å². The van der Waals surface area contributed by atoms with Crippen molar-refractivity contribution < 1.29 is 0 Å². The first-order chi connectivity index (χ1) is 14.8. The Kier molecular flexibility index (Phi) is 5.32. The van der Waals surface area contributed by atoms with Crippen molar-refractivity contribution in [1.82, 2.24) is 24.4 Å². The Hall–Kier alpha value is -2.99. The summed E-state index contributed by atoms with van der Waals surface area (Å²) in [7, 11) is 0.